The second-order valence-electron chi connectivity index (χ2n) is 5.73. The Bertz CT molecular complexity index is 884. The van der Waals surface area contributed by atoms with Gasteiger partial charge in [0.05, 0.1) is 9.80 Å². The van der Waals surface area contributed by atoms with Crippen molar-refractivity contribution in [3.63, 3.8) is 0 Å². The molecule has 2 aliphatic heterocycles. The fourth-order valence-corrected chi connectivity index (χ4v) is 4.77. The minimum Gasteiger partial charge on any atom is -0.485 e. The maximum Gasteiger partial charge on any atom is 0.206 e. The lowest BCUT2D eigenvalue weighted by atomic mass is 10.0. The summed E-state index contributed by atoms with van der Waals surface area (Å²) in [6, 6.07) is 16.1. The lowest BCUT2D eigenvalue weighted by Gasteiger charge is -2.28. The van der Waals surface area contributed by atoms with Crippen molar-refractivity contribution in [2.45, 2.75) is 30.4 Å². The summed E-state index contributed by atoms with van der Waals surface area (Å²) in [6.07, 6.45) is -0.215. The number of rotatable bonds is 2. The predicted molar refractivity (Wildman–Crippen MR) is 85.6 cm³/mol. The Hall–Kier alpha value is -2.27. The summed E-state index contributed by atoms with van der Waals surface area (Å²) < 4.78 is 37.6. The van der Waals surface area contributed by atoms with E-state index in [4.69, 9.17) is 9.47 Å². The van der Waals surface area contributed by atoms with Crippen LogP contribution in [0.15, 0.2) is 70.2 Å². The van der Waals surface area contributed by atoms with Gasteiger partial charge in [0.2, 0.25) is 9.84 Å². The smallest absolute Gasteiger partial charge is 0.206 e. The molecular weight excluding hydrogens is 312 g/mol. The first-order valence-electron chi connectivity index (χ1n) is 7.49. The maximum absolute atomic E-state index is 12.9. The Morgan fingerprint density at radius 2 is 1.65 bits per heavy atom. The second kappa shape index (κ2) is 5.13. The highest BCUT2D eigenvalue weighted by Crippen LogP contribution is 2.46. The molecule has 0 fully saturated rings. The Labute approximate surface area is 135 Å². The number of fused-ring (bicyclic) bond motifs is 3. The van der Waals surface area contributed by atoms with Crippen LogP contribution in [0.5, 0.6) is 5.75 Å². The third kappa shape index (κ3) is 2.23. The minimum absolute atomic E-state index is 0.235. The van der Waals surface area contributed by atoms with Crippen LogP contribution in [-0.4, -0.2) is 14.5 Å². The van der Waals surface area contributed by atoms with Crippen LogP contribution in [0.25, 0.3) is 0 Å². The summed E-state index contributed by atoms with van der Waals surface area (Å²) in [5.74, 6) is 1.23. The molecule has 2 aromatic rings. The molecular formula is C18H16O4S. The molecule has 0 saturated heterocycles. The van der Waals surface area contributed by atoms with Crippen LogP contribution < -0.4 is 4.74 Å². The fourth-order valence-electron chi connectivity index (χ4n) is 3.16. The summed E-state index contributed by atoms with van der Waals surface area (Å²) in [5.41, 5.74) is 0.980. The summed E-state index contributed by atoms with van der Waals surface area (Å²) >= 11 is 0. The molecule has 0 bridgehead atoms. The first-order chi connectivity index (χ1) is 11.1. The fraction of sp³-hybridized carbons (Fsp3) is 0.222. The summed E-state index contributed by atoms with van der Waals surface area (Å²) in [6.45, 7) is 1.72. The average molecular weight is 328 g/mol. The SMILES string of the molecule is CC1=C(S(=O)(=O)c2ccccc2)C[C@@H]2Oc3ccccc3[C@@H]2O1. The van der Waals surface area contributed by atoms with E-state index in [-0.39, 0.29) is 17.1 Å². The number of sulfone groups is 1. The first-order valence-corrected chi connectivity index (χ1v) is 8.98. The highest BCUT2D eigenvalue weighted by Gasteiger charge is 2.43. The minimum atomic E-state index is -3.56. The number of allylic oxidation sites excluding steroid dienone is 1. The van der Waals surface area contributed by atoms with Crippen molar-refractivity contribution in [1.29, 1.82) is 0 Å². The Morgan fingerprint density at radius 1 is 0.957 bits per heavy atom. The molecule has 0 radical (unpaired) electrons. The van der Waals surface area contributed by atoms with E-state index in [0.717, 1.165) is 11.3 Å². The molecule has 2 atom stereocenters. The lowest BCUT2D eigenvalue weighted by Crippen LogP contribution is -2.28. The highest BCUT2D eigenvalue weighted by atomic mass is 32.2. The van der Waals surface area contributed by atoms with Crippen molar-refractivity contribution in [3.05, 3.63) is 70.8 Å². The zero-order chi connectivity index (χ0) is 16.0. The van der Waals surface area contributed by atoms with Crippen molar-refractivity contribution in [3.8, 4) is 5.75 Å². The average Bonchev–Trinajstić information content (AvgIpc) is 2.92. The molecule has 5 heteroatoms. The van der Waals surface area contributed by atoms with Crippen LogP contribution >= 0.6 is 0 Å². The molecule has 2 aliphatic rings. The highest BCUT2D eigenvalue weighted by molar-refractivity contribution is 7.95. The van der Waals surface area contributed by atoms with E-state index in [9.17, 15) is 8.42 Å². The standard InChI is InChI=1S/C18H16O4S/c1-12-17(23(19,20)13-7-3-2-4-8-13)11-16-18(21-12)14-9-5-6-10-15(14)22-16/h2-10,16,18H,11H2,1H3/t16-,18-/m0/s1. The summed E-state index contributed by atoms with van der Waals surface area (Å²) in [5, 5.41) is 0. The summed E-state index contributed by atoms with van der Waals surface area (Å²) in [7, 11) is -3.56. The van der Waals surface area contributed by atoms with Gasteiger partial charge in [-0.25, -0.2) is 8.42 Å². The largest absolute Gasteiger partial charge is 0.485 e. The van der Waals surface area contributed by atoms with Gasteiger partial charge in [0.15, 0.2) is 6.10 Å². The number of ether oxygens (including phenoxy) is 2. The zero-order valence-corrected chi connectivity index (χ0v) is 13.4. The van der Waals surface area contributed by atoms with Gasteiger partial charge in [-0.05, 0) is 25.1 Å². The van der Waals surface area contributed by atoms with Gasteiger partial charge in [0.1, 0.15) is 17.6 Å². The van der Waals surface area contributed by atoms with Gasteiger partial charge in [-0.3, -0.25) is 0 Å². The third-order valence-corrected chi connectivity index (χ3v) is 6.30. The lowest BCUT2D eigenvalue weighted by molar-refractivity contribution is 0.0217. The van der Waals surface area contributed by atoms with Crippen LogP contribution in [0.2, 0.25) is 0 Å². The van der Waals surface area contributed by atoms with Gasteiger partial charge in [0.25, 0.3) is 0 Å². The Balaban J connectivity index is 1.72. The molecule has 0 N–H and O–H groups in total. The zero-order valence-electron chi connectivity index (χ0n) is 12.6. The molecule has 0 unspecified atom stereocenters. The normalized spacial score (nSPS) is 22.8. The van der Waals surface area contributed by atoms with E-state index in [0.29, 0.717) is 17.1 Å². The molecule has 0 spiro atoms. The number of benzene rings is 2. The van der Waals surface area contributed by atoms with E-state index in [2.05, 4.69) is 0 Å². The third-order valence-electron chi connectivity index (χ3n) is 4.30. The number of hydrogen-bond donors (Lipinski definition) is 0. The number of hydrogen-bond acceptors (Lipinski definition) is 4. The molecule has 118 valence electrons. The van der Waals surface area contributed by atoms with Gasteiger partial charge in [-0.15, -0.1) is 0 Å². The van der Waals surface area contributed by atoms with Crippen LogP contribution in [0, 0.1) is 0 Å². The van der Waals surface area contributed by atoms with Crippen LogP contribution in [0.3, 0.4) is 0 Å². The Kier molecular flexibility index (Phi) is 3.20. The molecule has 4 rings (SSSR count). The first kappa shape index (κ1) is 14.3. The van der Waals surface area contributed by atoms with E-state index in [1.54, 1.807) is 37.3 Å². The molecule has 0 saturated carbocycles. The van der Waals surface area contributed by atoms with Crippen LogP contribution in [-0.2, 0) is 14.6 Å². The van der Waals surface area contributed by atoms with Gasteiger partial charge in [0, 0.05) is 12.0 Å². The molecule has 0 amide bonds. The summed E-state index contributed by atoms with van der Waals surface area (Å²) in [4.78, 5) is 0.588. The van der Waals surface area contributed by atoms with Gasteiger partial charge >= 0.3 is 0 Å². The van der Waals surface area contributed by atoms with Gasteiger partial charge in [-0.2, -0.15) is 0 Å². The van der Waals surface area contributed by atoms with Crippen molar-refractivity contribution in [2.75, 3.05) is 0 Å². The maximum atomic E-state index is 12.9. The van der Waals surface area contributed by atoms with E-state index >= 15 is 0 Å². The van der Waals surface area contributed by atoms with Crippen LogP contribution in [0.1, 0.15) is 25.0 Å². The monoisotopic (exact) mass is 328 g/mol. The van der Waals surface area contributed by atoms with Crippen molar-refractivity contribution >= 4 is 9.84 Å². The topological polar surface area (TPSA) is 52.6 Å². The molecule has 4 nitrogen and oxygen atoms in total. The molecule has 0 aromatic heterocycles. The van der Waals surface area contributed by atoms with E-state index in [1.165, 1.54) is 0 Å². The second-order valence-corrected chi connectivity index (χ2v) is 7.70. The Morgan fingerprint density at radius 3 is 2.43 bits per heavy atom. The van der Waals surface area contributed by atoms with Gasteiger partial charge in [-0.1, -0.05) is 36.4 Å². The van der Waals surface area contributed by atoms with Gasteiger partial charge < -0.3 is 9.47 Å². The molecule has 2 aromatic carbocycles. The molecule has 2 heterocycles. The van der Waals surface area contributed by atoms with Crippen molar-refractivity contribution < 1.29 is 17.9 Å². The van der Waals surface area contributed by atoms with E-state index in [1.807, 2.05) is 24.3 Å². The van der Waals surface area contributed by atoms with Crippen molar-refractivity contribution in [2.24, 2.45) is 0 Å². The quantitative estimate of drug-likeness (QED) is 0.845. The molecule has 0 aliphatic carbocycles. The predicted octanol–water partition coefficient (Wildman–Crippen LogP) is 3.61. The molecule has 23 heavy (non-hydrogen) atoms. The number of para-hydroxylation sites is 1. The van der Waals surface area contributed by atoms with Crippen molar-refractivity contribution in [1.82, 2.24) is 0 Å². The van der Waals surface area contributed by atoms with E-state index < -0.39 is 9.84 Å². The van der Waals surface area contributed by atoms with Crippen LogP contribution in [0.4, 0.5) is 0 Å².